The number of fused-ring (bicyclic) bond motifs is 1. The lowest BCUT2D eigenvalue weighted by molar-refractivity contribution is 0.174. The van der Waals surface area contributed by atoms with Crippen LogP contribution in [0, 0.1) is 0 Å². The van der Waals surface area contributed by atoms with Gasteiger partial charge in [-0.05, 0) is 17.7 Å². The molecule has 0 saturated carbocycles. The Morgan fingerprint density at radius 1 is 1.31 bits per heavy atom. The first-order valence-corrected chi connectivity index (χ1v) is 3.72. The van der Waals surface area contributed by atoms with Crippen molar-refractivity contribution >= 4 is 12.4 Å². The molecule has 0 aromatic heterocycles. The molecule has 1 heterocycles. The fourth-order valence-corrected chi connectivity index (χ4v) is 1.17. The number of hydrogen-bond acceptors (Lipinski definition) is 4. The number of nitrogens with one attached hydrogen (secondary N) is 1. The van der Waals surface area contributed by atoms with Gasteiger partial charge in [-0.1, -0.05) is 6.07 Å². The number of rotatable bonds is 2. The van der Waals surface area contributed by atoms with Gasteiger partial charge in [-0.3, -0.25) is 11.3 Å². The maximum absolute atomic E-state index is 5.19. The zero-order valence-corrected chi connectivity index (χ0v) is 7.76. The van der Waals surface area contributed by atoms with Crippen molar-refractivity contribution in [2.75, 3.05) is 6.79 Å². The van der Waals surface area contributed by atoms with E-state index in [0.29, 0.717) is 13.3 Å². The third kappa shape index (κ3) is 2.03. The molecule has 0 saturated heterocycles. The molecule has 1 aromatic rings. The van der Waals surface area contributed by atoms with Crippen molar-refractivity contribution in [2.45, 2.75) is 6.54 Å². The van der Waals surface area contributed by atoms with E-state index in [-0.39, 0.29) is 12.4 Å². The molecule has 0 spiro atoms. The first-order valence-electron chi connectivity index (χ1n) is 3.72. The summed E-state index contributed by atoms with van der Waals surface area (Å²) in [5.74, 6) is 6.78. The minimum Gasteiger partial charge on any atom is -0.454 e. The molecule has 3 N–H and O–H groups in total. The van der Waals surface area contributed by atoms with Gasteiger partial charge in [0.2, 0.25) is 6.79 Å². The Morgan fingerprint density at radius 3 is 2.85 bits per heavy atom. The molecule has 0 unspecified atom stereocenters. The van der Waals surface area contributed by atoms with Crippen LogP contribution in [-0.2, 0) is 6.54 Å². The van der Waals surface area contributed by atoms with Crippen molar-refractivity contribution in [3.05, 3.63) is 23.8 Å². The monoisotopic (exact) mass is 202 g/mol. The molecule has 4 nitrogen and oxygen atoms in total. The Labute approximate surface area is 82.4 Å². The molecule has 5 heteroatoms. The van der Waals surface area contributed by atoms with Gasteiger partial charge in [-0.2, -0.15) is 0 Å². The topological polar surface area (TPSA) is 56.5 Å². The van der Waals surface area contributed by atoms with Crippen LogP contribution in [0.2, 0.25) is 0 Å². The van der Waals surface area contributed by atoms with E-state index < -0.39 is 0 Å². The summed E-state index contributed by atoms with van der Waals surface area (Å²) in [6.07, 6.45) is 0. The Bertz CT molecular complexity index is 293. The maximum Gasteiger partial charge on any atom is 0.231 e. The highest BCUT2D eigenvalue weighted by molar-refractivity contribution is 5.85. The van der Waals surface area contributed by atoms with Gasteiger partial charge in [0.1, 0.15) is 0 Å². The normalized spacial score (nSPS) is 12.4. The molecule has 0 bridgehead atoms. The van der Waals surface area contributed by atoms with Crippen LogP contribution < -0.4 is 20.7 Å². The van der Waals surface area contributed by atoms with Crippen molar-refractivity contribution in [1.29, 1.82) is 0 Å². The first-order chi connectivity index (χ1) is 5.90. The van der Waals surface area contributed by atoms with Crippen LogP contribution in [0.4, 0.5) is 0 Å². The van der Waals surface area contributed by atoms with Gasteiger partial charge < -0.3 is 9.47 Å². The second kappa shape index (κ2) is 4.32. The number of benzene rings is 1. The Morgan fingerprint density at radius 2 is 2.08 bits per heavy atom. The Hall–Kier alpha value is -0.970. The molecule has 1 aromatic carbocycles. The lowest BCUT2D eigenvalue weighted by Gasteiger charge is -2.00. The maximum atomic E-state index is 5.19. The molecule has 13 heavy (non-hydrogen) atoms. The number of ether oxygens (including phenoxy) is 2. The minimum absolute atomic E-state index is 0. The van der Waals surface area contributed by atoms with Gasteiger partial charge in [-0.25, -0.2) is 0 Å². The lowest BCUT2D eigenvalue weighted by Crippen LogP contribution is -2.20. The fourth-order valence-electron chi connectivity index (χ4n) is 1.17. The van der Waals surface area contributed by atoms with Crippen LogP contribution >= 0.6 is 12.4 Å². The highest BCUT2D eigenvalue weighted by atomic mass is 35.5. The SMILES string of the molecule is Cl.NNCc1ccc2c(c1)OCO2. The minimum atomic E-state index is 0. The smallest absolute Gasteiger partial charge is 0.231 e. The molecular weight excluding hydrogens is 192 g/mol. The van der Waals surface area contributed by atoms with E-state index >= 15 is 0 Å². The average molecular weight is 203 g/mol. The standard InChI is InChI=1S/C8H10N2O2.ClH/c9-10-4-6-1-2-7-8(3-6)12-5-11-7;/h1-3,10H,4-5,9H2;1H. The molecule has 72 valence electrons. The lowest BCUT2D eigenvalue weighted by atomic mass is 10.2. The van der Waals surface area contributed by atoms with Crippen molar-refractivity contribution < 1.29 is 9.47 Å². The van der Waals surface area contributed by atoms with Gasteiger partial charge in [0, 0.05) is 6.54 Å². The summed E-state index contributed by atoms with van der Waals surface area (Å²) < 4.78 is 10.4. The highest BCUT2D eigenvalue weighted by Gasteiger charge is 2.12. The summed E-state index contributed by atoms with van der Waals surface area (Å²) in [7, 11) is 0. The van der Waals surface area contributed by atoms with E-state index in [4.69, 9.17) is 15.3 Å². The number of halogens is 1. The van der Waals surface area contributed by atoms with Gasteiger partial charge in [0.15, 0.2) is 11.5 Å². The zero-order valence-electron chi connectivity index (χ0n) is 6.95. The highest BCUT2D eigenvalue weighted by Crippen LogP contribution is 2.32. The molecule has 0 aliphatic carbocycles. The quantitative estimate of drug-likeness (QED) is 0.550. The Balaban J connectivity index is 0.000000845. The molecule has 2 rings (SSSR count). The molecule has 1 aliphatic heterocycles. The van der Waals surface area contributed by atoms with E-state index in [9.17, 15) is 0 Å². The molecule has 1 aliphatic rings. The van der Waals surface area contributed by atoms with E-state index in [1.807, 2.05) is 18.2 Å². The summed E-state index contributed by atoms with van der Waals surface area (Å²) in [6, 6.07) is 5.75. The van der Waals surface area contributed by atoms with E-state index in [1.165, 1.54) is 0 Å². The Kier molecular flexibility index (Phi) is 3.36. The molecule has 0 fully saturated rings. The van der Waals surface area contributed by atoms with Crippen molar-refractivity contribution in [2.24, 2.45) is 5.84 Å². The molecule has 0 radical (unpaired) electrons. The van der Waals surface area contributed by atoms with Crippen molar-refractivity contribution in [3.63, 3.8) is 0 Å². The van der Waals surface area contributed by atoms with Crippen molar-refractivity contribution in [3.8, 4) is 11.5 Å². The summed E-state index contributed by atoms with van der Waals surface area (Å²) in [5.41, 5.74) is 3.66. The van der Waals surface area contributed by atoms with Crippen LogP contribution in [-0.4, -0.2) is 6.79 Å². The van der Waals surface area contributed by atoms with Crippen LogP contribution in [0.15, 0.2) is 18.2 Å². The predicted molar refractivity (Wildman–Crippen MR) is 50.8 cm³/mol. The van der Waals surface area contributed by atoms with Crippen molar-refractivity contribution in [1.82, 2.24) is 5.43 Å². The van der Waals surface area contributed by atoms with E-state index in [1.54, 1.807) is 0 Å². The van der Waals surface area contributed by atoms with Gasteiger partial charge in [-0.15, -0.1) is 12.4 Å². The van der Waals surface area contributed by atoms with Gasteiger partial charge >= 0.3 is 0 Å². The summed E-state index contributed by atoms with van der Waals surface area (Å²) in [6.45, 7) is 0.950. The summed E-state index contributed by atoms with van der Waals surface area (Å²) in [4.78, 5) is 0. The number of nitrogens with two attached hydrogens (primary N) is 1. The molecule has 0 atom stereocenters. The second-order valence-electron chi connectivity index (χ2n) is 2.57. The van der Waals surface area contributed by atoms with Crippen LogP contribution in [0.3, 0.4) is 0 Å². The average Bonchev–Trinajstić information content (AvgIpc) is 2.51. The van der Waals surface area contributed by atoms with Crippen LogP contribution in [0.1, 0.15) is 5.56 Å². The molecular formula is C8H11ClN2O2. The fraction of sp³-hybridized carbons (Fsp3) is 0.250. The zero-order chi connectivity index (χ0) is 8.39. The van der Waals surface area contributed by atoms with E-state index in [2.05, 4.69) is 5.43 Å². The largest absolute Gasteiger partial charge is 0.454 e. The molecule has 0 amide bonds. The third-order valence-corrected chi connectivity index (χ3v) is 1.74. The van der Waals surface area contributed by atoms with Gasteiger partial charge in [0.05, 0.1) is 0 Å². The number of hydrazine groups is 1. The van der Waals surface area contributed by atoms with Gasteiger partial charge in [0.25, 0.3) is 0 Å². The van der Waals surface area contributed by atoms with Crippen LogP contribution in [0.25, 0.3) is 0 Å². The first kappa shape index (κ1) is 10.1. The van der Waals surface area contributed by atoms with E-state index in [0.717, 1.165) is 17.1 Å². The summed E-state index contributed by atoms with van der Waals surface area (Å²) >= 11 is 0. The van der Waals surface area contributed by atoms with Crippen LogP contribution in [0.5, 0.6) is 11.5 Å². The third-order valence-electron chi connectivity index (χ3n) is 1.74. The summed E-state index contributed by atoms with van der Waals surface area (Å²) in [5, 5.41) is 0. The second-order valence-corrected chi connectivity index (χ2v) is 2.57. The number of hydrogen-bond donors (Lipinski definition) is 2. The predicted octanol–water partition coefficient (Wildman–Crippen LogP) is 0.800.